The molecule has 1 atom stereocenters. The van der Waals surface area contributed by atoms with E-state index in [-0.39, 0.29) is 30.0 Å². The second kappa shape index (κ2) is 15.9. The van der Waals surface area contributed by atoms with Crippen molar-refractivity contribution in [3.8, 4) is 0 Å². The lowest BCUT2D eigenvalue weighted by Gasteiger charge is -2.03. The molecule has 0 spiro atoms. The second-order valence-electron chi connectivity index (χ2n) is 3.04. The minimum absolute atomic E-state index is 0. The van der Waals surface area contributed by atoms with Crippen molar-refractivity contribution in [1.82, 2.24) is 0 Å². The van der Waals surface area contributed by atoms with Gasteiger partial charge in [-0.15, -0.1) is 35.6 Å². The van der Waals surface area contributed by atoms with Gasteiger partial charge in [-0.25, -0.2) is 0 Å². The Hall–Kier alpha value is -0.0700. The molecule has 104 valence electrons. The number of carbonyl (C=O) groups excluding carboxylic acids is 1. The number of carboxylic acids is 1. The topological polar surface area (TPSA) is 106 Å². The number of rotatable bonds is 7. The van der Waals surface area contributed by atoms with Crippen LogP contribution in [0.3, 0.4) is 0 Å². The molecule has 0 fully saturated rings. The molecular formula is C9H19Cl3N2O3. The van der Waals surface area contributed by atoms with Gasteiger partial charge in [-0.2, -0.15) is 0 Å². The van der Waals surface area contributed by atoms with Gasteiger partial charge in [0.2, 0.25) is 0 Å². The zero-order chi connectivity index (χ0) is 13.0. The number of ketones is 1. The van der Waals surface area contributed by atoms with Gasteiger partial charge in [0.15, 0.2) is 5.78 Å². The third kappa shape index (κ3) is 18.5. The van der Waals surface area contributed by atoms with Crippen molar-refractivity contribution in [3.05, 3.63) is 0 Å². The second-order valence-corrected chi connectivity index (χ2v) is 3.57. The zero-order valence-electron chi connectivity index (χ0n) is 9.40. The minimum atomic E-state index is -0.933. The number of carboxylic acid groups (broad SMARTS) is 1. The molecule has 0 heterocycles. The Morgan fingerprint density at radius 2 is 1.65 bits per heavy atom. The first kappa shape index (κ1) is 22.1. The molecule has 0 radical (unpaired) electrons. The molecular weight excluding hydrogens is 290 g/mol. The molecule has 0 saturated carbocycles. The molecule has 0 aromatic heterocycles. The van der Waals surface area contributed by atoms with Gasteiger partial charge in [0.1, 0.15) is 6.04 Å². The Morgan fingerprint density at radius 1 is 1.18 bits per heavy atom. The molecule has 0 aliphatic carbocycles. The normalized spacial score (nSPS) is 10.6. The third-order valence-electron chi connectivity index (χ3n) is 1.58. The molecule has 0 aliphatic rings. The first-order valence-electron chi connectivity index (χ1n) is 4.81. The predicted molar refractivity (Wildman–Crippen MR) is 72.2 cm³/mol. The van der Waals surface area contributed by atoms with Gasteiger partial charge in [0.05, 0.1) is 11.8 Å². The molecule has 0 amide bonds. The standard InChI is InChI=1S/C6H14N2O2.C3H4Cl2O.ClH/c7-4-2-1-3-5(8)6(9)10;4-1-3(6)2-5;/h5H,1-4,7-8H2,(H,9,10);1-2H2;1H. The van der Waals surface area contributed by atoms with E-state index in [1.54, 1.807) is 0 Å². The van der Waals surface area contributed by atoms with Crippen LogP contribution in [0.1, 0.15) is 19.3 Å². The van der Waals surface area contributed by atoms with E-state index >= 15 is 0 Å². The van der Waals surface area contributed by atoms with Crippen LogP contribution in [0, 0.1) is 0 Å². The van der Waals surface area contributed by atoms with Crippen molar-refractivity contribution < 1.29 is 14.7 Å². The molecule has 17 heavy (non-hydrogen) atoms. The van der Waals surface area contributed by atoms with Crippen LogP contribution in [0.4, 0.5) is 0 Å². The predicted octanol–water partition coefficient (Wildman–Crippen LogP) is 0.982. The highest BCUT2D eigenvalue weighted by atomic mass is 35.5. The zero-order valence-corrected chi connectivity index (χ0v) is 11.7. The summed E-state index contributed by atoms with van der Waals surface area (Å²) in [6.45, 7) is 0.604. The van der Waals surface area contributed by atoms with Gasteiger partial charge < -0.3 is 16.6 Å². The van der Waals surface area contributed by atoms with E-state index < -0.39 is 12.0 Å². The summed E-state index contributed by atoms with van der Waals surface area (Å²) < 4.78 is 0. The number of aliphatic carboxylic acids is 1. The van der Waals surface area contributed by atoms with Crippen molar-refractivity contribution >= 4 is 47.4 Å². The Balaban J connectivity index is -0.000000244. The smallest absolute Gasteiger partial charge is 0.320 e. The maximum Gasteiger partial charge on any atom is 0.320 e. The van der Waals surface area contributed by atoms with Gasteiger partial charge >= 0.3 is 5.97 Å². The molecule has 5 nitrogen and oxygen atoms in total. The van der Waals surface area contributed by atoms with Gasteiger partial charge in [-0.3, -0.25) is 9.59 Å². The summed E-state index contributed by atoms with van der Waals surface area (Å²) in [5.74, 6) is -0.997. The van der Waals surface area contributed by atoms with E-state index in [4.69, 9.17) is 39.8 Å². The van der Waals surface area contributed by atoms with Crippen molar-refractivity contribution in [2.24, 2.45) is 11.5 Å². The van der Waals surface area contributed by atoms with Crippen LogP contribution < -0.4 is 11.5 Å². The molecule has 1 unspecified atom stereocenters. The first-order chi connectivity index (χ1) is 7.49. The average Bonchev–Trinajstić information content (AvgIpc) is 2.28. The number of nitrogens with two attached hydrogens (primary N) is 2. The summed E-state index contributed by atoms with van der Waals surface area (Å²) in [5.41, 5.74) is 10.4. The molecule has 8 heteroatoms. The van der Waals surface area contributed by atoms with Crippen LogP contribution in [-0.2, 0) is 9.59 Å². The van der Waals surface area contributed by atoms with Crippen LogP contribution in [-0.4, -0.2) is 41.2 Å². The highest BCUT2D eigenvalue weighted by Crippen LogP contribution is 1.96. The monoisotopic (exact) mass is 308 g/mol. The fourth-order valence-corrected chi connectivity index (χ4v) is 0.953. The van der Waals surface area contributed by atoms with Crippen LogP contribution in [0.15, 0.2) is 0 Å². The molecule has 0 bridgehead atoms. The van der Waals surface area contributed by atoms with Crippen molar-refractivity contribution in [2.45, 2.75) is 25.3 Å². The summed E-state index contributed by atoms with van der Waals surface area (Å²) >= 11 is 10.0. The van der Waals surface area contributed by atoms with Gasteiger partial charge in [0, 0.05) is 0 Å². The highest BCUT2D eigenvalue weighted by molar-refractivity contribution is 6.35. The minimum Gasteiger partial charge on any atom is -0.480 e. The van der Waals surface area contributed by atoms with E-state index in [0.717, 1.165) is 12.8 Å². The SMILES string of the molecule is Cl.NCCCCC(N)C(=O)O.O=C(CCl)CCl. The summed E-state index contributed by atoms with van der Waals surface area (Å²) in [6.07, 6.45) is 2.16. The molecule has 0 aromatic rings. The maximum absolute atomic E-state index is 10.1. The Bertz CT molecular complexity index is 200. The largest absolute Gasteiger partial charge is 0.480 e. The number of hydrogen-bond donors (Lipinski definition) is 3. The molecule has 0 saturated heterocycles. The molecule has 5 N–H and O–H groups in total. The molecule has 0 rings (SSSR count). The summed E-state index contributed by atoms with van der Waals surface area (Å²) in [7, 11) is 0. The van der Waals surface area contributed by atoms with E-state index in [9.17, 15) is 9.59 Å². The van der Waals surface area contributed by atoms with E-state index in [2.05, 4.69) is 0 Å². The van der Waals surface area contributed by atoms with E-state index in [0.29, 0.717) is 13.0 Å². The lowest BCUT2D eigenvalue weighted by atomic mass is 10.1. The third-order valence-corrected chi connectivity index (χ3v) is 2.18. The summed E-state index contributed by atoms with van der Waals surface area (Å²) in [5, 5.41) is 8.33. The van der Waals surface area contributed by atoms with Crippen LogP contribution >= 0.6 is 35.6 Å². The fourth-order valence-electron chi connectivity index (χ4n) is 0.668. The number of halogens is 3. The van der Waals surface area contributed by atoms with Crippen LogP contribution in [0.5, 0.6) is 0 Å². The highest BCUT2D eigenvalue weighted by Gasteiger charge is 2.09. The average molecular weight is 310 g/mol. The lowest BCUT2D eigenvalue weighted by molar-refractivity contribution is -0.138. The van der Waals surface area contributed by atoms with Crippen molar-refractivity contribution in [3.63, 3.8) is 0 Å². The van der Waals surface area contributed by atoms with Crippen molar-refractivity contribution in [1.29, 1.82) is 0 Å². The van der Waals surface area contributed by atoms with Crippen LogP contribution in [0.2, 0.25) is 0 Å². The molecule has 0 aromatic carbocycles. The Morgan fingerprint density at radius 3 is 1.88 bits per heavy atom. The number of alkyl halides is 2. The van der Waals surface area contributed by atoms with Crippen molar-refractivity contribution in [2.75, 3.05) is 18.3 Å². The number of unbranched alkanes of at least 4 members (excludes halogenated alkanes) is 1. The van der Waals surface area contributed by atoms with Gasteiger partial charge in [-0.1, -0.05) is 6.42 Å². The Labute approximate surface area is 117 Å². The first-order valence-corrected chi connectivity index (χ1v) is 5.88. The fraction of sp³-hybridized carbons (Fsp3) is 0.778. The quantitative estimate of drug-likeness (QED) is 0.480. The number of hydrogen-bond acceptors (Lipinski definition) is 4. The van der Waals surface area contributed by atoms with E-state index in [1.807, 2.05) is 0 Å². The number of Topliss-reactive ketones (excluding diaryl/α,β-unsaturated/α-hetero) is 1. The molecule has 0 aliphatic heterocycles. The number of carbonyl (C=O) groups is 2. The Kier molecular flexibility index (Phi) is 20.7. The van der Waals surface area contributed by atoms with Gasteiger partial charge in [-0.05, 0) is 19.4 Å². The summed E-state index contributed by atoms with van der Waals surface area (Å²) in [4.78, 5) is 20.1. The maximum atomic E-state index is 10.1. The van der Waals surface area contributed by atoms with Crippen LogP contribution in [0.25, 0.3) is 0 Å². The van der Waals surface area contributed by atoms with Gasteiger partial charge in [0.25, 0.3) is 0 Å². The van der Waals surface area contributed by atoms with E-state index in [1.165, 1.54) is 0 Å². The lowest BCUT2D eigenvalue weighted by Crippen LogP contribution is -2.29. The summed E-state index contributed by atoms with van der Waals surface area (Å²) in [6, 6.07) is -0.716.